The first kappa shape index (κ1) is 24.1. The number of carbonyl (C=O) groups is 2. The fraction of sp³-hybridized carbons (Fsp3) is 0.400. The fourth-order valence-electron chi connectivity index (χ4n) is 3.90. The monoisotopic (exact) mass is 449 g/mol. The molecule has 1 atom stereocenters. The second-order valence-electron chi connectivity index (χ2n) is 8.50. The van der Waals surface area contributed by atoms with Gasteiger partial charge in [0.2, 0.25) is 11.7 Å². The van der Waals surface area contributed by atoms with E-state index in [2.05, 4.69) is 15.4 Å². The molecule has 0 bridgehead atoms. The molecule has 1 unspecified atom stereocenters. The summed E-state index contributed by atoms with van der Waals surface area (Å²) in [6, 6.07) is 14.8. The van der Waals surface area contributed by atoms with E-state index < -0.39 is 12.0 Å². The van der Waals surface area contributed by atoms with Crippen LogP contribution in [0.3, 0.4) is 0 Å². The molecular formula is C25H31N5O3. The summed E-state index contributed by atoms with van der Waals surface area (Å²) >= 11 is 0. The van der Waals surface area contributed by atoms with Crippen LogP contribution in [-0.2, 0) is 23.2 Å². The van der Waals surface area contributed by atoms with Crippen molar-refractivity contribution in [3.8, 4) is 22.5 Å². The molecule has 8 nitrogen and oxygen atoms in total. The van der Waals surface area contributed by atoms with Gasteiger partial charge in [-0.25, -0.2) is 4.79 Å². The smallest absolute Gasteiger partial charge is 0.326 e. The van der Waals surface area contributed by atoms with Crippen molar-refractivity contribution in [3.05, 3.63) is 54.1 Å². The Bertz CT molecular complexity index is 1090. The van der Waals surface area contributed by atoms with E-state index in [-0.39, 0.29) is 18.4 Å². The number of nitrogens with zero attached hydrogens (tertiary/aromatic N) is 5. The fourth-order valence-corrected chi connectivity index (χ4v) is 3.90. The summed E-state index contributed by atoms with van der Waals surface area (Å²) in [4.78, 5) is 27.8. The lowest BCUT2D eigenvalue weighted by Crippen LogP contribution is -2.47. The van der Waals surface area contributed by atoms with Gasteiger partial charge in [-0.1, -0.05) is 75.7 Å². The van der Waals surface area contributed by atoms with E-state index in [1.54, 1.807) is 7.05 Å². The number of aliphatic carboxylic acids is 1. The number of aryl methyl sites for hydroxylation is 1. The van der Waals surface area contributed by atoms with E-state index in [9.17, 15) is 14.7 Å². The van der Waals surface area contributed by atoms with Crippen molar-refractivity contribution >= 4 is 11.9 Å². The second kappa shape index (κ2) is 10.8. The molecular weight excluding hydrogens is 418 g/mol. The minimum absolute atomic E-state index is 0.124. The lowest BCUT2D eigenvalue weighted by Gasteiger charge is -2.32. The maximum absolute atomic E-state index is 12.9. The summed E-state index contributed by atoms with van der Waals surface area (Å²) in [5, 5.41) is 22.2. The van der Waals surface area contributed by atoms with E-state index >= 15 is 0 Å². The number of carboxylic acids is 1. The Hall–Kier alpha value is -3.55. The number of tetrazole rings is 1. The maximum atomic E-state index is 12.9. The van der Waals surface area contributed by atoms with E-state index in [1.807, 2.05) is 69.3 Å². The van der Waals surface area contributed by atoms with Crippen LogP contribution in [0.2, 0.25) is 0 Å². The normalized spacial score (nSPS) is 12.0. The van der Waals surface area contributed by atoms with Crippen LogP contribution >= 0.6 is 0 Å². The number of carboxylic acid groups (broad SMARTS) is 1. The largest absolute Gasteiger partial charge is 0.480 e. The van der Waals surface area contributed by atoms with Gasteiger partial charge in [0, 0.05) is 18.5 Å². The van der Waals surface area contributed by atoms with Crippen LogP contribution in [0.1, 0.15) is 45.6 Å². The number of hydrogen-bond donors (Lipinski definition) is 1. The second-order valence-corrected chi connectivity index (χ2v) is 8.50. The summed E-state index contributed by atoms with van der Waals surface area (Å²) in [5.74, 6) is -0.747. The summed E-state index contributed by atoms with van der Waals surface area (Å²) in [6.07, 6.45) is 1.98. The van der Waals surface area contributed by atoms with E-state index in [0.29, 0.717) is 12.2 Å². The Kier molecular flexibility index (Phi) is 7.92. The Morgan fingerprint density at radius 3 is 2.27 bits per heavy atom. The third-order valence-electron chi connectivity index (χ3n) is 5.58. The van der Waals surface area contributed by atoms with Gasteiger partial charge >= 0.3 is 5.97 Å². The molecule has 0 saturated heterocycles. The highest BCUT2D eigenvalue weighted by atomic mass is 16.4. The standard InChI is InChI=1S/C25H31N5O3/c1-5-6-11-22(31)30(23(17(2)3)25(32)33)16-18-12-14-19(15-13-18)20-9-7-8-10-21(20)24-26-28-29(4)27-24/h7-10,12-15,17,23H,5-6,11,16H2,1-4H3,(H,32,33). The molecule has 0 aliphatic carbocycles. The minimum Gasteiger partial charge on any atom is -0.480 e. The highest BCUT2D eigenvalue weighted by Crippen LogP contribution is 2.30. The van der Waals surface area contributed by atoms with Crippen LogP contribution in [0.25, 0.3) is 22.5 Å². The summed E-state index contributed by atoms with van der Waals surface area (Å²) < 4.78 is 0. The lowest BCUT2D eigenvalue weighted by atomic mass is 9.97. The summed E-state index contributed by atoms with van der Waals surface area (Å²) in [5.41, 5.74) is 3.70. The van der Waals surface area contributed by atoms with Gasteiger partial charge in [0.1, 0.15) is 6.04 Å². The summed E-state index contributed by atoms with van der Waals surface area (Å²) in [7, 11) is 1.73. The predicted octanol–water partition coefficient (Wildman–Crippen LogP) is 4.17. The minimum atomic E-state index is -0.975. The van der Waals surface area contributed by atoms with Crippen LogP contribution in [-0.4, -0.2) is 48.1 Å². The molecule has 1 N–H and O–H groups in total. The predicted molar refractivity (Wildman–Crippen MR) is 126 cm³/mol. The number of aromatic nitrogens is 4. The third kappa shape index (κ3) is 5.83. The lowest BCUT2D eigenvalue weighted by molar-refractivity contribution is -0.153. The SMILES string of the molecule is CCCCC(=O)N(Cc1ccc(-c2ccccc2-c2nnn(C)n2)cc1)C(C(=O)O)C(C)C. The van der Waals surface area contributed by atoms with Crippen LogP contribution in [0.15, 0.2) is 48.5 Å². The Morgan fingerprint density at radius 1 is 1.06 bits per heavy atom. The van der Waals surface area contributed by atoms with E-state index in [1.165, 1.54) is 9.70 Å². The van der Waals surface area contributed by atoms with E-state index in [4.69, 9.17) is 0 Å². The number of carbonyl (C=O) groups excluding carboxylic acids is 1. The number of amides is 1. The van der Waals surface area contributed by atoms with Crippen molar-refractivity contribution in [3.63, 3.8) is 0 Å². The highest BCUT2D eigenvalue weighted by molar-refractivity contribution is 5.84. The van der Waals surface area contributed by atoms with Crippen molar-refractivity contribution in [2.45, 2.75) is 52.6 Å². The number of rotatable bonds is 10. The van der Waals surface area contributed by atoms with Crippen molar-refractivity contribution in [1.29, 1.82) is 0 Å². The van der Waals surface area contributed by atoms with Gasteiger partial charge in [-0.3, -0.25) is 4.79 Å². The Labute approximate surface area is 194 Å². The van der Waals surface area contributed by atoms with Gasteiger partial charge in [-0.2, -0.15) is 4.80 Å². The van der Waals surface area contributed by atoms with Gasteiger partial charge in [0.05, 0.1) is 7.05 Å². The van der Waals surface area contributed by atoms with Gasteiger partial charge in [-0.15, -0.1) is 10.2 Å². The van der Waals surface area contributed by atoms with Crippen LogP contribution in [0, 0.1) is 5.92 Å². The Morgan fingerprint density at radius 2 is 1.73 bits per heavy atom. The molecule has 0 aliphatic rings. The molecule has 8 heteroatoms. The molecule has 1 heterocycles. The molecule has 3 aromatic rings. The first-order valence-corrected chi connectivity index (χ1v) is 11.3. The zero-order chi connectivity index (χ0) is 24.0. The zero-order valence-corrected chi connectivity index (χ0v) is 19.6. The molecule has 3 rings (SSSR count). The molecule has 0 spiro atoms. The highest BCUT2D eigenvalue weighted by Gasteiger charge is 2.32. The molecule has 1 aromatic heterocycles. The number of hydrogen-bond acceptors (Lipinski definition) is 5. The van der Waals surface area contributed by atoms with Gasteiger partial charge in [0.25, 0.3) is 0 Å². The first-order chi connectivity index (χ1) is 15.8. The van der Waals surface area contributed by atoms with Crippen LogP contribution in [0.5, 0.6) is 0 Å². The average Bonchev–Trinajstić information content (AvgIpc) is 3.23. The number of benzene rings is 2. The van der Waals surface area contributed by atoms with Crippen molar-refractivity contribution < 1.29 is 14.7 Å². The maximum Gasteiger partial charge on any atom is 0.326 e. The molecule has 0 aliphatic heterocycles. The van der Waals surface area contributed by atoms with E-state index in [0.717, 1.165) is 35.1 Å². The van der Waals surface area contributed by atoms with Gasteiger partial charge in [-0.05, 0) is 34.2 Å². The first-order valence-electron chi connectivity index (χ1n) is 11.3. The number of unbranched alkanes of at least 4 members (excludes halogenated alkanes) is 1. The zero-order valence-electron chi connectivity index (χ0n) is 19.6. The van der Waals surface area contributed by atoms with Crippen molar-refractivity contribution in [1.82, 2.24) is 25.1 Å². The molecule has 0 fully saturated rings. The topological polar surface area (TPSA) is 101 Å². The molecule has 2 aromatic carbocycles. The van der Waals surface area contributed by atoms with Crippen LogP contribution < -0.4 is 0 Å². The quantitative estimate of drug-likeness (QED) is 0.498. The Balaban J connectivity index is 1.88. The molecule has 33 heavy (non-hydrogen) atoms. The van der Waals surface area contributed by atoms with Crippen molar-refractivity contribution in [2.75, 3.05) is 0 Å². The third-order valence-corrected chi connectivity index (χ3v) is 5.58. The van der Waals surface area contributed by atoms with Gasteiger partial charge in [0.15, 0.2) is 0 Å². The van der Waals surface area contributed by atoms with Crippen LogP contribution in [0.4, 0.5) is 0 Å². The van der Waals surface area contributed by atoms with Gasteiger partial charge < -0.3 is 10.0 Å². The summed E-state index contributed by atoms with van der Waals surface area (Å²) in [6.45, 7) is 5.94. The van der Waals surface area contributed by atoms with Crippen molar-refractivity contribution in [2.24, 2.45) is 13.0 Å². The average molecular weight is 450 g/mol. The molecule has 174 valence electrons. The molecule has 0 saturated carbocycles. The molecule has 1 amide bonds. The molecule has 0 radical (unpaired) electrons.